The number of hydrogen-bond acceptors (Lipinski definition) is 3. The second-order valence-corrected chi connectivity index (χ2v) is 8.08. The third-order valence-electron chi connectivity index (χ3n) is 5.45. The molecule has 0 aromatic heterocycles. The van der Waals surface area contributed by atoms with E-state index < -0.39 is 0 Å². The number of carbonyl (C=O) groups excluding carboxylic acids is 2. The predicted octanol–water partition coefficient (Wildman–Crippen LogP) is 3.51. The molecule has 7 heteroatoms. The maximum absolute atomic E-state index is 12.4. The lowest BCUT2D eigenvalue weighted by molar-refractivity contribution is -0.117. The molecule has 2 heterocycles. The summed E-state index contributed by atoms with van der Waals surface area (Å²) in [6, 6.07) is 6.54. The number of rotatable bonds is 5. The first-order valence-corrected chi connectivity index (χ1v) is 9.61. The fourth-order valence-electron chi connectivity index (χ4n) is 4.08. The van der Waals surface area contributed by atoms with Crippen LogP contribution in [0.2, 0.25) is 5.02 Å². The fraction of sp³-hybridized carbons (Fsp3) is 0.579. The molecule has 5 nitrogen and oxygen atoms in total. The summed E-state index contributed by atoms with van der Waals surface area (Å²) in [5, 5.41) is 9.87. The molecule has 3 aliphatic rings. The highest BCUT2D eigenvalue weighted by molar-refractivity contribution is 6.34. The van der Waals surface area contributed by atoms with Crippen LogP contribution >= 0.6 is 24.0 Å². The molecule has 142 valence electrons. The Balaban J connectivity index is 0.00000196. The highest BCUT2D eigenvalue weighted by Crippen LogP contribution is 2.33. The summed E-state index contributed by atoms with van der Waals surface area (Å²) in [6.45, 7) is 0. The van der Waals surface area contributed by atoms with E-state index in [0.29, 0.717) is 40.7 Å². The Morgan fingerprint density at radius 2 is 1.81 bits per heavy atom. The molecule has 3 N–H and O–H groups in total. The Morgan fingerprint density at radius 3 is 2.46 bits per heavy atom. The Hall–Kier alpha value is -1.30. The van der Waals surface area contributed by atoms with Crippen molar-refractivity contribution in [3.63, 3.8) is 0 Å². The molecule has 1 aromatic rings. The lowest BCUT2D eigenvalue weighted by Gasteiger charge is -2.28. The molecule has 26 heavy (non-hydrogen) atoms. The van der Waals surface area contributed by atoms with Crippen LogP contribution < -0.4 is 16.0 Å². The van der Waals surface area contributed by atoms with Gasteiger partial charge < -0.3 is 16.0 Å². The van der Waals surface area contributed by atoms with Crippen LogP contribution in [0.4, 0.5) is 5.69 Å². The van der Waals surface area contributed by atoms with Crippen molar-refractivity contribution in [3.05, 3.63) is 28.8 Å². The third kappa shape index (κ3) is 4.70. The minimum Gasteiger partial charge on any atom is -0.349 e. The van der Waals surface area contributed by atoms with Gasteiger partial charge in [-0.3, -0.25) is 9.59 Å². The van der Waals surface area contributed by atoms with Crippen LogP contribution in [0.15, 0.2) is 18.2 Å². The molecule has 1 aliphatic carbocycles. The molecule has 2 saturated heterocycles. The Morgan fingerprint density at radius 1 is 1.12 bits per heavy atom. The third-order valence-corrected chi connectivity index (χ3v) is 5.78. The van der Waals surface area contributed by atoms with Gasteiger partial charge in [-0.25, -0.2) is 0 Å². The average molecular weight is 398 g/mol. The van der Waals surface area contributed by atoms with E-state index in [1.165, 1.54) is 12.8 Å². The van der Waals surface area contributed by atoms with E-state index in [0.717, 1.165) is 25.7 Å². The van der Waals surface area contributed by atoms with E-state index in [-0.39, 0.29) is 30.3 Å². The average Bonchev–Trinajstić information content (AvgIpc) is 3.32. The van der Waals surface area contributed by atoms with Gasteiger partial charge >= 0.3 is 0 Å². The molecule has 0 spiro atoms. The van der Waals surface area contributed by atoms with E-state index in [2.05, 4.69) is 16.0 Å². The molecule has 4 rings (SSSR count). The molecule has 2 bridgehead atoms. The van der Waals surface area contributed by atoms with Gasteiger partial charge in [0.05, 0.1) is 10.6 Å². The smallest absolute Gasteiger partial charge is 0.253 e. The first-order chi connectivity index (χ1) is 12.1. The number of nitrogens with one attached hydrogen (secondary N) is 3. The van der Waals surface area contributed by atoms with Gasteiger partial charge in [0.1, 0.15) is 0 Å². The van der Waals surface area contributed by atoms with Crippen molar-refractivity contribution >= 4 is 41.5 Å². The number of benzene rings is 1. The minimum atomic E-state index is -0.168. The van der Waals surface area contributed by atoms with Crippen LogP contribution in [-0.2, 0) is 4.79 Å². The van der Waals surface area contributed by atoms with Crippen LogP contribution in [0.1, 0.15) is 55.3 Å². The number of halogens is 2. The largest absolute Gasteiger partial charge is 0.349 e. The maximum Gasteiger partial charge on any atom is 0.253 e. The van der Waals surface area contributed by atoms with E-state index in [4.69, 9.17) is 11.6 Å². The summed E-state index contributed by atoms with van der Waals surface area (Å²) in [5.41, 5.74) is 1.05. The zero-order valence-corrected chi connectivity index (χ0v) is 16.2. The number of amides is 2. The molecule has 2 amide bonds. The molecule has 1 saturated carbocycles. The topological polar surface area (TPSA) is 70.2 Å². The number of piperidine rings is 1. The van der Waals surface area contributed by atoms with Crippen molar-refractivity contribution in [1.82, 2.24) is 10.6 Å². The second-order valence-electron chi connectivity index (χ2n) is 7.67. The summed E-state index contributed by atoms with van der Waals surface area (Å²) < 4.78 is 0. The van der Waals surface area contributed by atoms with Crippen LogP contribution in [0, 0.1) is 5.92 Å². The normalized spacial score (nSPS) is 26.7. The fourth-order valence-corrected chi connectivity index (χ4v) is 4.29. The van der Waals surface area contributed by atoms with Crippen LogP contribution in [0.5, 0.6) is 0 Å². The molecule has 2 atom stereocenters. The number of hydrogen-bond donors (Lipinski definition) is 3. The number of carbonyl (C=O) groups is 2. The van der Waals surface area contributed by atoms with Crippen molar-refractivity contribution in [3.8, 4) is 0 Å². The van der Waals surface area contributed by atoms with Gasteiger partial charge in [0.15, 0.2) is 0 Å². The Labute approximate surface area is 165 Å². The number of fused-ring (bicyclic) bond motifs is 2. The Bertz CT molecular complexity index is 681. The van der Waals surface area contributed by atoms with Gasteiger partial charge in [-0.1, -0.05) is 11.6 Å². The van der Waals surface area contributed by atoms with E-state index in [1.54, 1.807) is 18.2 Å². The van der Waals surface area contributed by atoms with Gasteiger partial charge in [-0.15, -0.1) is 12.4 Å². The first kappa shape index (κ1) is 19.5. The van der Waals surface area contributed by atoms with Crippen LogP contribution in [0.3, 0.4) is 0 Å². The maximum atomic E-state index is 12.4. The molecule has 2 aliphatic heterocycles. The molecule has 2 unspecified atom stereocenters. The monoisotopic (exact) mass is 397 g/mol. The Kier molecular flexibility index (Phi) is 6.10. The highest BCUT2D eigenvalue weighted by atomic mass is 35.5. The van der Waals surface area contributed by atoms with Crippen molar-refractivity contribution in [2.75, 3.05) is 5.32 Å². The van der Waals surface area contributed by atoms with E-state index in [1.807, 2.05) is 0 Å². The standard InChI is InChI=1S/C19H24ClN3O2.ClH/c20-17-6-5-15(10-16(17)19(25)23-12-1-2-12)22-18(24)9-11-7-13-3-4-14(8-11)21-13;/h5-6,10-14,21H,1-4,7-9H2,(H,22,24)(H,23,25);1H. The minimum absolute atomic E-state index is 0. The lowest BCUT2D eigenvalue weighted by atomic mass is 9.89. The summed E-state index contributed by atoms with van der Waals surface area (Å²) in [7, 11) is 0. The molecular weight excluding hydrogens is 373 g/mol. The van der Waals surface area contributed by atoms with Gasteiger partial charge in [0.2, 0.25) is 5.91 Å². The SMILES string of the molecule is Cl.O=C(CC1CC2CCC(C1)N2)Nc1ccc(Cl)c(C(=O)NC2CC2)c1. The lowest BCUT2D eigenvalue weighted by Crippen LogP contribution is -2.39. The zero-order chi connectivity index (χ0) is 17.4. The summed E-state index contributed by atoms with van der Waals surface area (Å²) in [4.78, 5) is 24.6. The zero-order valence-electron chi connectivity index (χ0n) is 14.6. The van der Waals surface area contributed by atoms with Crippen molar-refractivity contribution < 1.29 is 9.59 Å². The van der Waals surface area contributed by atoms with Crippen molar-refractivity contribution in [1.29, 1.82) is 0 Å². The first-order valence-electron chi connectivity index (χ1n) is 9.23. The number of anilines is 1. The van der Waals surface area contributed by atoms with Gasteiger partial charge in [-0.2, -0.15) is 0 Å². The molecule has 1 aromatic carbocycles. The van der Waals surface area contributed by atoms with Crippen molar-refractivity contribution in [2.45, 2.75) is 63.1 Å². The molecule has 0 radical (unpaired) electrons. The quantitative estimate of drug-likeness (QED) is 0.711. The van der Waals surface area contributed by atoms with E-state index >= 15 is 0 Å². The van der Waals surface area contributed by atoms with E-state index in [9.17, 15) is 9.59 Å². The highest BCUT2D eigenvalue weighted by Gasteiger charge is 2.34. The van der Waals surface area contributed by atoms with Gasteiger partial charge in [0.25, 0.3) is 5.91 Å². The van der Waals surface area contributed by atoms with Crippen LogP contribution in [0.25, 0.3) is 0 Å². The van der Waals surface area contributed by atoms with Gasteiger partial charge in [-0.05, 0) is 62.6 Å². The van der Waals surface area contributed by atoms with Crippen LogP contribution in [-0.4, -0.2) is 29.9 Å². The summed E-state index contributed by atoms with van der Waals surface area (Å²) in [6.07, 6.45) is 7.23. The summed E-state index contributed by atoms with van der Waals surface area (Å²) in [5.74, 6) is 0.296. The predicted molar refractivity (Wildman–Crippen MR) is 105 cm³/mol. The van der Waals surface area contributed by atoms with Gasteiger partial charge in [0, 0.05) is 30.2 Å². The summed E-state index contributed by atoms with van der Waals surface area (Å²) >= 11 is 6.15. The van der Waals surface area contributed by atoms with Crippen molar-refractivity contribution in [2.24, 2.45) is 5.92 Å². The second kappa shape index (κ2) is 8.15. The molecular formula is C19H25Cl2N3O2. The molecule has 3 fully saturated rings.